The molecule has 0 aliphatic rings. The van der Waals surface area contributed by atoms with Gasteiger partial charge in [0, 0.05) is 11.1 Å². The van der Waals surface area contributed by atoms with Crippen LogP contribution in [0, 0.1) is 0 Å². The number of carbonyl (C=O) groups excluding carboxylic acids is 1. The molecule has 3 aromatic rings. The van der Waals surface area contributed by atoms with E-state index in [4.69, 9.17) is 9.47 Å². The predicted octanol–water partition coefficient (Wildman–Crippen LogP) is 4.65. The van der Waals surface area contributed by atoms with Gasteiger partial charge in [-0.3, -0.25) is 4.79 Å². The van der Waals surface area contributed by atoms with Gasteiger partial charge in [-0.2, -0.15) is 0 Å². The molecule has 0 aliphatic heterocycles. The van der Waals surface area contributed by atoms with Gasteiger partial charge < -0.3 is 9.47 Å². The minimum atomic E-state index is 0.0168. The van der Waals surface area contributed by atoms with Crippen LogP contribution in [-0.2, 0) is 6.42 Å². The molecular formula is C21H20O3. The Morgan fingerprint density at radius 1 is 0.917 bits per heavy atom. The third-order valence-electron chi connectivity index (χ3n) is 4.21. The highest BCUT2D eigenvalue weighted by Gasteiger charge is 2.16. The Balaban J connectivity index is 2.27. The summed E-state index contributed by atoms with van der Waals surface area (Å²) in [6.45, 7) is 2.08. The number of aryl methyl sites for hydroxylation is 1. The fraction of sp³-hybridized carbons (Fsp3) is 0.190. The van der Waals surface area contributed by atoms with Crippen molar-refractivity contribution in [1.29, 1.82) is 0 Å². The number of hydrogen-bond donors (Lipinski definition) is 0. The van der Waals surface area contributed by atoms with Crippen LogP contribution in [0.15, 0.2) is 54.6 Å². The van der Waals surface area contributed by atoms with Gasteiger partial charge in [-0.15, -0.1) is 0 Å². The minimum Gasteiger partial charge on any atom is -0.493 e. The molecule has 0 N–H and O–H groups in total. The Bertz CT molecular complexity index is 882. The molecule has 0 unspecified atom stereocenters. The summed E-state index contributed by atoms with van der Waals surface area (Å²) in [5.41, 5.74) is 2.49. The molecule has 0 radical (unpaired) electrons. The number of ketones is 1. The summed E-state index contributed by atoms with van der Waals surface area (Å²) >= 11 is 0. The molecule has 24 heavy (non-hydrogen) atoms. The summed E-state index contributed by atoms with van der Waals surface area (Å²) in [6, 6.07) is 17.2. The normalized spacial score (nSPS) is 10.6. The van der Waals surface area contributed by atoms with Gasteiger partial charge in [0.15, 0.2) is 17.3 Å². The fourth-order valence-electron chi connectivity index (χ4n) is 2.89. The Hall–Kier alpha value is -2.81. The highest BCUT2D eigenvalue weighted by atomic mass is 16.5. The Morgan fingerprint density at radius 3 is 2.21 bits per heavy atom. The molecule has 3 rings (SSSR count). The van der Waals surface area contributed by atoms with E-state index >= 15 is 0 Å². The quantitative estimate of drug-likeness (QED) is 0.642. The molecule has 0 atom stereocenters. The maximum Gasteiger partial charge on any atom is 0.193 e. The van der Waals surface area contributed by atoms with Crippen molar-refractivity contribution in [3.63, 3.8) is 0 Å². The van der Waals surface area contributed by atoms with Crippen molar-refractivity contribution in [2.75, 3.05) is 14.2 Å². The van der Waals surface area contributed by atoms with E-state index in [1.54, 1.807) is 14.2 Å². The maximum atomic E-state index is 13.0. The second kappa shape index (κ2) is 6.75. The van der Waals surface area contributed by atoms with Crippen LogP contribution in [0.5, 0.6) is 11.5 Å². The molecule has 0 saturated heterocycles. The third kappa shape index (κ3) is 2.85. The lowest BCUT2D eigenvalue weighted by molar-refractivity contribution is 0.104. The molecule has 0 fully saturated rings. The van der Waals surface area contributed by atoms with Crippen LogP contribution < -0.4 is 9.47 Å². The molecule has 3 aromatic carbocycles. The van der Waals surface area contributed by atoms with E-state index in [2.05, 4.69) is 13.0 Å². The molecule has 0 amide bonds. The average molecular weight is 320 g/mol. The van der Waals surface area contributed by atoms with Crippen molar-refractivity contribution in [2.45, 2.75) is 13.3 Å². The zero-order valence-electron chi connectivity index (χ0n) is 14.1. The highest BCUT2D eigenvalue weighted by Crippen LogP contribution is 2.35. The van der Waals surface area contributed by atoms with E-state index in [0.29, 0.717) is 22.6 Å². The summed E-state index contributed by atoms with van der Waals surface area (Å²) in [5, 5.41) is 1.85. The first kappa shape index (κ1) is 16.1. The van der Waals surface area contributed by atoms with Gasteiger partial charge in [-0.25, -0.2) is 0 Å². The number of carbonyl (C=O) groups is 1. The van der Waals surface area contributed by atoms with Gasteiger partial charge in [0.1, 0.15) is 0 Å². The summed E-state index contributed by atoms with van der Waals surface area (Å²) in [4.78, 5) is 13.0. The smallest absolute Gasteiger partial charge is 0.193 e. The van der Waals surface area contributed by atoms with Crippen LogP contribution in [0.2, 0.25) is 0 Å². The van der Waals surface area contributed by atoms with Crippen LogP contribution >= 0.6 is 0 Å². The van der Waals surface area contributed by atoms with Crippen LogP contribution in [0.4, 0.5) is 0 Å². The topological polar surface area (TPSA) is 35.5 Å². The van der Waals surface area contributed by atoms with Crippen molar-refractivity contribution in [3.05, 3.63) is 71.3 Å². The zero-order valence-corrected chi connectivity index (χ0v) is 14.1. The number of rotatable bonds is 5. The molecule has 0 spiro atoms. The molecule has 122 valence electrons. The molecule has 0 bridgehead atoms. The van der Waals surface area contributed by atoms with Crippen LogP contribution in [0.25, 0.3) is 10.8 Å². The Morgan fingerprint density at radius 2 is 1.58 bits per heavy atom. The van der Waals surface area contributed by atoms with E-state index in [9.17, 15) is 4.79 Å². The lowest BCUT2D eigenvalue weighted by Crippen LogP contribution is -2.04. The standard InChI is InChI=1S/C21H20O3/c1-4-14-10-16-12-19(23-2)20(24-3)13-17(16)18(11-14)21(22)15-8-6-5-7-9-15/h5-13H,4H2,1-3H3. The third-order valence-corrected chi connectivity index (χ3v) is 4.21. The van der Waals surface area contributed by atoms with Crippen molar-refractivity contribution in [3.8, 4) is 11.5 Å². The van der Waals surface area contributed by atoms with E-state index in [-0.39, 0.29) is 5.78 Å². The molecule has 0 heterocycles. The summed E-state index contributed by atoms with van der Waals surface area (Å²) in [7, 11) is 3.21. The molecular weight excluding hydrogens is 300 g/mol. The molecule has 3 nitrogen and oxygen atoms in total. The number of hydrogen-bond acceptors (Lipinski definition) is 3. The van der Waals surface area contributed by atoms with Gasteiger partial charge in [0.2, 0.25) is 0 Å². The van der Waals surface area contributed by atoms with Crippen LogP contribution in [-0.4, -0.2) is 20.0 Å². The van der Waals surface area contributed by atoms with Gasteiger partial charge in [0.25, 0.3) is 0 Å². The maximum absolute atomic E-state index is 13.0. The second-order valence-electron chi connectivity index (χ2n) is 5.62. The number of ether oxygens (including phenoxy) is 2. The Labute approximate surface area is 141 Å². The van der Waals surface area contributed by atoms with Gasteiger partial charge >= 0.3 is 0 Å². The van der Waals surface area contributed by atoms with Crippen molar-refractivity contribution in [1.82, 2.24) is 0 Å². The van der Waals surface area contributed by atoms with Crippen molar-refractivity contribution in [2.24, 2.45) is 0 Å². The highest BCUT2D eigenvalue weighted by molar-refractivity contribution is 6.17. The van der Waals surface area contributed by atoms with Gasteiger partial charge in [-0.05, 0) is 41.0 Å². The molecule has 0 aromatic heterocycles. The Kier molecular flexibility index (Phi) is 4.52. The molecule has 0 aliphatic carbocycles. The molecule has 0 saturated carbocycles. The second-order valence-corrected chi connectivity index (χ2v) is 5.62. The summed E-state index contributed by atoms with van der Waals surface area (Å²) in [6.07, 6.45) is 0.860. The largest absolute Gasteiger partial charge is 0.493 e. The zero-order chi connectivity index (χ0) is 17.1. The van der Waals surface area contributed by atoms with Crippen LogP contribution in [0.1, 0.15) is 28.4 Å². The van der Waals surface area contributed by atoms with E-state index in [1.165, 1.54) is 0 Å². The first-order valence-corrected chi connectivity index (χ1v) is 7.96. The monoisotopic (exact) mass is 320 g/mol. The van der Waals surface area contributed by atoms with E-state index < -0.39 is 0 Å². The van der Waals surface area contributed by atoms with E-state index in [0.717, 1.165) is 22.8 Å². The summed E-state index contributed by atoms with van der Waals surface area (Å²) in [5.74, 6) is 1.30. The number of benzene rings is 3. The summed E-state index contributed by atoms with van der Waals surface area (Å²) < 4.78 is 10.8. The number of fused-ring (bicyclic) bond motifs is 1. The van der Waals surface area contributed by atoms with Crippen molar-refractivity contribution >= 4 is 16.6 Å². The first-order valence-electron chi connectivity index (χ1n) is 7.96. The van der Waals surface area contributed by atoms with Gasteiger partial charge in [-0.1, -0.05) is 43.3 Å². The van der Waals surface area contributed by atoms with Crippen molar-refractivity contribution < 1.29 is 14.3 Å². The van der Waals surface area contributed by atoms with Gasteiger partial charge in [0.05, 0.1) is 14.2 Å². The predicted molar refractivity (Wildman–Crippen MR) is 96.3 cm³/mol. The lowest BCUT2D eigenvalue weighted by atomic mass is 9.94. The average Bonchev–Trinajstić information content (AvgIpc) is 2.65. The SMILES string of the molecule is CCc1cc(C(=O)c2ccccc2)c2cc(OC)c(OC)cc2c1. The molecule has 3 heteroatoms. The van der Waals surface area contributed by atoms with Crippen LogP contribution in [0.3, 0.4) is 0 Å². The number of methoxy groups -OCH3 is 2. The van der Waals surface area contributed by atoms with E-state index in [1.807, 2.05) is 48.5 Å². The minimum absolute atomic E-state index is 0.0168. The fourth-order valence-corrected chi connectivity index (χ4v) is 2.89. The lowest BCUT2D eigenvalue weighted by Gasteiger charge is -2.13. The first-order chi connectivity index (χ1) is 11.7.